The van der Waals surface area contributed by atoms with Crippen LogP contribution in [0.5, 0.6) is 0 Å². The second-order valence-corrected chi connectivity index (χ2v) is 12.2. The average Bonchev–Trinajstić information content (AvgIpc) is 3.76. The third kappa shape index (κ3) is 7.14. The van der Waals surface area contributed by atoms with Crippen molar-refractivity contribution in [2.24, 2.45) is 9.98 Å². The molecule has 6 aromatic carbocycles. The van der Waals surface area contributed by atoms with Crippen LogP contribution < -0.4 is 0 Å². The van der Waals surface area contributed by atoms with Gasteiger partial charge in [-0.2, -0.15) is 0 Å². The van der Waals surface area contributed by atoms with Crippen molar-refractivity contribution < 1.29 is 8.78 Å². The molecule has 7 aromatic rings. The van der Waals surface area contributed by atoms with Crippen molar-refractivity contribution in [3.8, 4) is 46.1 Å². The van der Waals surface area contributed by atoms with Gasteiger partial charge in [-0.1, -0.05) is 145 Å². The first-order chi connectivity index (χ1) is 26.1. The quantitative estimate of drug-likeness (QED) is 0.175. The molecule has 0 amide bonds. The van der Waals surface area contributed by atoms with Gasteiger partial charge in [-0.15, -0.1) is 0 Å². The first kappa shape index (κ1) is 32.8. The van der Waals surface area contributed by atoms with Crippen molar-refractivity contribution in [2.45, 2.75) is 0 Å². The molecule has 1 aliphatic rings. The highest BCUT2D eigenvalue weighted by Gasteiger charge is 2.28. The van der Waals surface area contributed by atoms with E-state index in [9.17, 15) is 8.78 Å². The number of H-pyrrole nitrogens is 1. The van der Waals surface area contributed by atoms with Crippen LogP contribution in [0.1, 0.15) is 27.8 Å². The third-order valence-corrected chi connectivity index (χ3v) is 8.71. The zero-order valence-corrected chi connectivity index (χ0v) is 28.3. The number of halogens is 2. The van der Waals surface area contributed by atoms with Gasteiger partial charge >= 0.3 is 0 Å². The first-order valence-electron chi connectivity index (χ1n) is 17.1. The summed E-state index contributed by atoms with van der Waals surface area (Å²) in [6.45, 7) is 0. The van der Waals surface area contributed by atoms with Gasteiger partial charge in [0.25, 0.3) is 0 Å². The minimum absolute atomic E-state index is 0.353. The Labute approximate surface area is 306 Å². The van der Waals surface area contributed by atoms with Gasteiger partial charge in [0.2, 0.25) is 0 Å². The van der Waals surface area contributed by atoms with Crippen LogP contribution in [0.4, 0.5) is 14.6 Å². The molecule has 0 bridgehead atoms. The Morgan fingerprint density at radius 3 is 1.53 bits per heavy atom. The fourth-order valence-electron chi connectivity index (χ4n) is 6.18. The van der Waals surface area contributed by atoms with E-state index in [1.54, 1.807) is 24.3 Å². The number of aromatic nitrogens is 1. The summed E-state index contributed by atoms with van der Waals surface area (Å²) >= 11 is 0. The highest BCUT2D eigenvalue weighted by atomic mass is 19.1. The van der Waals surface area contributed by atoms with Crippen molar-refractivity contribution in [1.29, 1.82) is 0 Å². The molecule has 0 fully saturated rings. The van der Waals surface area contributed by atoms with Gasteiger partial charge in [0.15, 0.2) is 5.84 Å². The molecule has 0 saturated heterocycles. The van der Waals surface area contributed by atoms with E-state index in [1.807, 2.05) is 121 Å². The maximum absolute atomic E-state index is 14.4. The summed E-state index contributed by atoms with van der Waals surface area (Å²) in [6.07, 6.45) is 0. The lowest BCUT2D eigenvalue weighted by Gasteiger charge is -2.07. The summed E-state index contributed by atoms with van der Waals surface area (Å²) in [5.41, 5.74) is 9.01. The molecule has 2 heterocycles. The second kappa shape index (κ2) is 14.9. The average molecular weight is 686 g/mol. The lowest BCUT2D eigenvalue weighted by atomic mass is 9.95. The summed E-state index contributed by atoms with van der Waals surface area (Å²) < 4.78 is 28.7. The Bertz CT molecular complexity index is 2630. The van der Waals surface area contributed by atoms with Crippen LogP contribution in [0.3, 0.4) is 0 Å². The molecular formula is C48H29F2N3. The van der Waals surface area contributed by atoms with Crippen molar-refractivity contribution in [3.05, 3.63) is 215 Å². The molecule has 1 N–H and O–H groups in total. The Balaban J connectivity index is 1.42. The Morgan fingerprint density at radius 2 is 0.962 bits per heavy atom. The molecule has 250 valence electrons. The van der Waals surface area contributed by atoms with Crippen molar-refractivity contribution >= 4 is 22.9 Å². The maximum atomic E-state index is 14.4. The zero-order chi connectivity index (χ0) is 36.0. The Kier molecular flexibility index (Phi) is 9.21. The van der Waals surface area contributed by atoms with E-state index in [1.165, 1.54) is 24.3 Å². The van der Waals surface area contributed by atoms with Crippen LogP contribution in [0, 0.1) is 35.3 Å². The van der Waals surface area contributed by atoms with E-state index in [0.717, 1.165) is 33.5 Å². The lowest BCUT2D eigenvalue weighted by molar-refractivity contribution is 0.627. The summed E-state index contributed by atoms with van der Waals surface area (Å²) in [7, 11) is 0. The fourth-order valence-corrected chi connectivity index (χ4v) is 6.18. The van der Waals surface area contributed by atoms with Gasteiger partial charge in [-0.05, 0) is 65.2 Å². The van der Waals surface area contributed by atoms with E-state index >= 15 is 0 Å². The molecule has 1 aliphatic heterocycles. The molecule has 3 nitrogen and oxygen atoms in total. The predicted octanol–water partition coefficient (Wildman–Crippen LogP) is 11.1. The zero-order valence-electron chi connectivity index (χ0n) is 28.3. The second-order valence-electron chi connectivity index (χ2n) is 12.2. The molecule has 1 aromatic heterocycles. The van der Waals surface area contributed by atoms with Crippen LogP contribution in [-0.2, 0) is 0 Å². The smallest absolute Gasteiger partial charge is 0.164 e. The van der Waals surface area contributed by atoms with Gasteiger partial charge < -0.3 is 4.98 Å². The van der Waals surface area contributed by atoms with Gasteiger partial charge in [0, 0.05) is 27.8 Å². The van der Waals surface area contributed by atoms with Gasteiger partial charge in [0.1, 0.15) is 17.5 Å². The summed E-state index contributed by atoms with van der Waals surface area (Å²) in [5.74, 6) is 13.6. The summed E-state index contributed by atoms with van der Waals surface area (Å²) in [4.78, 5) is 14.0. The largest absolute Gasteiger partial charge is 0.338 e. The monoisotopic (exact) mass is 685 g/mol. The number of rotatable bonds is 5. The van der Waals surface area contributed by atoms with Crippen molar-refractivity contribution in [1.82, 2.24) is 4.98 Å². The number of aromatic amines is 1. The standard InChI is InChI=1S/C48H29F2N3/c49-39-27-23-35(24-28-39)43-41(31-21-33-13-5-1-6-14-33)45(37-17-9-3-10-18-37)51-47(43)53-48-44(36-25-29-40(50)30-26-36)42(32-22-34-15-7-2-8-16-34)46(52-48)38-19-11-4-12-20-38/h1-20,23-30,51H/b53-48-. The Hall–Kier alpha value is -7.34. The predicted molar refractivity (Wildman–Crippen MR) is 211 cm³/mol. The minimum atomic E-state index is -0.357. The summed E-state index contributed by atoms with van der Waals surface area (Å²) in [5, 5.41) is 0. The maximum Gasteiger partial charge on any atom is 0.164 e. The van der Waals surface area contributed by atoms with Crippen LogP contribution in [0.25, 0.3) is 28.0 Å². The van der Waals surface area contributed by atoms with E-state index in [2.05, 4.69) is 28.7 Å². The third-order valence-electron chi connectivity index (χ3n) is 8.71. The number of nitrogens with one attached hydrogen (secondary N) is 1. The van der Waals surface area contributed by atoms with E-state index in [0.29, 0.717) is 45.2 Å². The number of benzene rings is 6. The molecule has 0 aliphatic carbocycles. The van der Waals surface area contributed by atoms with Crippen molar-refractivity contribution in [2.75, 3.05) is 0 Å². The molecule has 0 radical (unpaired) electrons. The number of amidine groups is 1. The summed E-state index contributed by atoms with van der Waals surface area (Å²) in [6, 6.07) is 51.8. The normalized spacial score (nSPS) is 12.9. The minimum Gasteiger partial charge on any atom is -0.338 e. The lowest BCUT2D eigenvalue weighted by Crippen LogP contribution is -2.01. The highest BCUT2D eigenvalue weighted by molar-refractivity contribution is 6.42. The number of aliphatic imine (C=N–C) groups is 2. The molecule has 0 spiro atoms. The Morgan fingerprint density at radius 1 is 0.472 bits per heavy atom. The van der Waals surface area contributed by atoms with Crippen LogP contribution in [-0.4, -0.2) is 16.5 Å². The molecule has 8 rings (SSSR count). The number of allylic oxidation sites excluding steroid dienone is 1. The topological polar surface area (TPSA) is 40.5 Å². The first-order valence-corrected chi connectivity index (χ1v) is 17.1. The number of hydrogen-bond acceptors (Lipinski definition) is 1. The molecule has 5 heteroatoms. The van der Waals surface area contributed by atoms with Crippen LogP contribution in [0.15, 0.2) is 185 Å². The fraction of sp³-hybridized carbons (Fsp3) is 0. The van der Waals surface area contributed by atoms with Gasteiger partial charge in [0.05, 0.1) is 22.5 Å². The van der Waals surface area contributed by atoms with Crippen molar-refractivity contribution in [3.63, 3.8) is 0 Å². The van der Waals surface area contributed by atoms with E-state index in [-0.39, 0.29) is 11.6 Å². The van der Waals surface area contributed by atoms with E-state index < -0.39 is 0 Å². The number of hydrogen-bond donors (Lipinski definition) is 1. The van der Waals surface area contributed by atoms with Gasteiger partial charge in [-0.25, -0.2) is 18.8 Å². The van der Waals surface area contributed by atoms with Crippen LogP contribution >= 0.6 is 0 Å². The molecule has 0 saturated carbocycles. The molecular weight excluding hydrogens is 657 g/mol. The van der Waals surface area contributed by atoms with Crippen LogP contribution in [0.2, 0.25) is 0 Å². The molecule has 0 atom stereocenters. The molecule has 53 heavy (non-hydrogen) atoms. The van der Waals surface area contributed by atoms with Gasteiger partial charge in [-0.3, -0.25) is 0 Å². The highest BCUT2D eigenvalue weighted by Crippen LogP contribution is 2.41. The SMILES string of the molecule is Fc1ccc(C2=C(C#Cc3ccccc3)C(c3ccccc3)=N/C2=N\c2[nH]c(-c3ccccc3)c(C#Cc3ccccc3)c2-c2ccc(F)cc2)cc1. The van der Waals surface area contributed by atoms with E-state index in [4.69, 9.17) is 9.98 Å². The number of nitrogens with zero attached hydrogens (tertiary/aromatic N) is 2. The molecule has 0 unspecified atom stereocenters.